The van der Waals surface area contributed by atoms with Crippen LogP contribution in [-0.2, 0) is 19.1 Å². The quantitative estimate of drug-likeness (QED) is 0.668. The molecule has 0 aromatic rings. The van der Waals surface area contributed by atoms with Gasteiger partial charge in [0.15, 0.2) is 6.61 Å². The summed E-state index contributed by atoms with van der Waals surface area (Å²) in [6, 6.07) is 0.0949. The predicted octanol–water partition coefficient (Wildman–Crippen LogP) is 0.100. The summed E-state index contributed by atoms with van der Waals surface area (Å²) in [5, 5.41) is 6.35. The lowest BCUT2D eigenvalue weighted by Gasteiger charge is -2.15. The molecule has 0 aliphatic carbocycles. The van der Waals surface area contributed by atoms with E-state index in [2.05, 4.69) is 15.8 Å². The summed E-state index contributed by atoms with van der Waals surface area (Å²) in [5.74, 6) is -1.23. The van der Waals surface area contributed by atoms with E-state index in [1.807, 2.05) is 13.8 Å². The first-order valence-corrected chi connectivity index (χ1v) is 6.38. The van der Waals surface area contributed by atoms with E-state index >= 15 is 0 Å². The highest BCUT2D eigenvalue weighted by molar-refractivity contribution is 6.37. The fourth-order valence-electron chi connectivity index (χ4n) is 1.60. The highest BCUT2D eigenvalue weighted by atomic mass is 16.5. The first-order valence-electron chi connectivity index (χ1n) is 6.38. The van der Waals surface area contributed by atoms with Gasteiger partial charge in [0, 0.05) is 18.9 Å². The Hall–Kier alpha value is -1.92. The number of esters is 1. The molecule has 0 unspecified atom stereocenters. The number of carbonyl (C=O) groups is 3. The Kier molecular flexibility index (Phi) is 5.98. The summed E-state index contributed by atoms with van der Waals surface area (Å²) in [5.41, 5.74) is 2.33. The zero-order valence-electron chi connectivity index (χ0n) is 11.2. The fraction of sp³-hybridized carbons (Fsp3) is 0.667. The number of hydrogen-bond donors (Lipinski definition) is 2. The second-order valence-electron chi connectivity index (χ2n) is 4.25. The monoisotopic (exact) mass is 269 g/mol. The molecule has 0 radical (unpaired) electrons. The van der Waals surface area contributed by atoms with Gasteiger partial charge in [0.05, 0.1) is 0 Å². The van der Waals surface area contributed by atoms with Crippen LogP contribution in [0.1, 0.15) is 39.5 Å². The predicted molar refractivity (Wildman–Crippen MR) is 68.3 cm³/mol. The van der Waals surface area contributed by atoms with Crippen molar-refractivity contribution >= 4 is 23.5 Å². The van der Waals surface area contributed by atoms with Crippen molar-refractivity contribution in [2.24, 2.45) is 5.10 Å². The van der Waals surface area contributed by atoms with Gasteiger partial charge in [-0.15, -0.1) is 0 Å². The second kappa shape index (κ2) is 7.50. The van der Waals surface area contributed by atoms with Gasteiger partial charge in [-0.05, 0) is 12.8 Å². The van der Waals surface area contributed by atoms with Crippen LogP contribution in [0.2, 0.25) is 0 Å². The Bertz CT molecular complexity index is 388. The Labute approximate surface area is 111 Å². The Morgan fingerprint density at radius 1 is 1.37 bits per heavy atom. The average Bonchev–Trinajstić information content (AvgIpc) is 2.43. The van der Waals surface area contributed by atoms with Crippen molar-refractivity contribution in [3.8, 4) is 0 Å². The Balaban J connectivity index is 2.34. The van der Waals surface area contributed by atoms with E-state index in [1.165, 1.54) is 0 Å². The molecule has 0 bridgehead atoms. The van der Waals surface area contributed by atoms with E-state index in [0.717, 1.165) is 12.8 Å². The molecule has 0 saturated heterocycles. The van der Waals surface area contributed by atoms with Crippen LogP contribution in [0.4, 0.5) is 0 Å². The number of nitrogens with zero attached hydrogens (tertiary/aromatic N) is 1. The number of nitrogens with one attached hydrogen (secondary N) is 2. The van der Waals surface area contributed by atoms with Gasteiger partial charge < -0.3 is 10.1 Å². The number of ether oxygens (including phenoxy) is 1. The molecule has 1 aliphatic rings. The van der Waals surface area contributed by atoms with Crippen molar-refractivity contribution in [1.82, 2.24) is 10.7 Å². The first kappa shape index (κ1) is 15.1. The maximum absolute atomic E-state index is 11.5. The minimum absolute atomic E-state index is 0.0949. The van der Waals surface area contributed by atoms with Gasteiger partial charge >= 0.3 is 5.97 Å². The maximum Gasteiger partial charge on any atom is 0.355 e. The van der Waals surface area contributed by atoms with Crippen LogP contribution in [0.15, 0.2) is 5.10 Å². The maximum atomic E-state index is 11.5. The molecule has 0 fully saturated rings. The third-order valence-corrected chi connectivity index (χ3v) is 2.83. The number of amides is 2. The standard InChI is InChI=1S/C12H19N3O4/c1-3-8(4-2)13-11(17)7-19-12(18)9-5-6-10(16)15-14-9/h8H,3-7H2,1-2H3,(H,13,17)(H,15,16). The zero-order chi connectivity index (χ0) is 14.3. The summed E-state index contributed by atoms with van der Waals surface area (Å²) >= 11 is 0. The molecule has 7 nitrogen and oxygen atoms in total. The minimum Gasteiger partial charge on any atom is -0.451 e. The van der Waals surface area contributed by atoms with Crippen LogP contribution in [-0.4, -0.2) is 36.1 Å². The van der Waals surface area contributed by atoms with Crippen LogP contribution in [0.5, 0.6) is 0 Å². The molecule has 7 heteroatoms. The summed E-state index contributed by atoms with van der Waals surface area (Å²) in [7, 11) is 0. The molecule has 1 heterocycles. The average molecular weight is 269 g/mol. The van der Waals surface area contributed by atoms with Gasteiger partial charge in [0.2, 0.25) is 5.91 Å². The molecule has 0 saturated carbocycles. The van der Waals surface area contributed by atoms with Crippen molar-refractivity contribution in [1.29, 1.82) is 0 Å². The molecular weight excluding hydrogens is 250 g/mol. The third-order valence-electron chi connectivity index (χ3n) is 2.83. The molecule has 1 rings (SSSR count). The van der Waals surface area contributed by atoms with Crippen LogP contribution in [0, 0.1) is 0 Å². The lowest BCUT2D eigenvalue weighted by molar-refractivity contribution is -0.142. The van der Waals surface area contributed by atoms with Crippen molar-refractivity contribution in [3.05, 3.63) is 0 Å². The normalized spacial score (nSPS) is 14.7. The molecule has 2 amide bonds. The van der Waals surface area contributed by atoms with E-state index < -0.39 is 5.97 Å². The zero-order valence-corrected chi connectivity index (χ0v) is 11.2. The van der Waals surface area contributed by atoms with Crippen LogP contribution in [0.25, 0.3) is 0 Å². The Morgan fingerprint density at radius 2 is 2.05 bits per heavy atom. The molecule has 0 aromatic heterocycles. The smallest absolute Gasteiger partial charge is 0.355 e. The van der Waals surface area contributed by atoms with Gasteiger partial charge in [-0.25, -0.2) is 10.2 Å². The molecule has 0 spiro atoms. The first-order chi connectivity index (χ1) is 9.06. The highest BCUT2D eigenvalue weighted by Crippen LogP contribution is 2.01. The summed E-state index contributed by atoms with van der Waals surface area (Å²) < 4.78 is 4.84. The molecular formula is C12H19N3O4. The summed E-state index contributed by atoms with van der Waals surface area (Å²) in [6.07, 6.45) is 2.09. The van der Waals surface area contributed by atoms with E-state index in [-0.39, 0.29) is 43.0 Å². The van der Waals surface area contributed by atoms with Gasteiger partial charge in [-0.1, -0.05) is 13.8 Å². The van der Waals surface area contributed by atoms with E-state index in [0.29, 0.717) is 0 Å². The van der Waals surface area contributed by atoms with Crippen LogP contribution < -0.4 is 10.7 Å². The molecule has 0 aromatic carbocycles. The van der Waals surface area contributed by atoms with E-state index in [1.54, 1.807) is 0 Å². The van der Waals surface area contributed by atoms with Crippen molar-refractivity contribution < 1.29 is 19.1 Å². The van der Waals surface area contributed by atoms with Gasteiger partial charge in [0.1, 0.15) is 5.71 Å². The van der Waals surface area contributed by atoms with Crippen molar-refractivity contribution in [2.75, 3.05) is 6.61 Å². The lowest BCUT2D eigenvalue weighted by Crippen LogP contribution is -2.38. The van der Waals surface area contributed by atoms with E-state index in [4.69, 9.17) is 4.74 Å². The molecule has 106 valence electrons. The largest absolute Gasteiger partial charge is 0.451 e. The van der Waals surface area contributed by atoms with Crippen molar-refractivity contribution in [2.45, 2.75) is 45.6 Å². The molecule has 1 aliphatic heterocycles. The van der Waals surface area contributed by atoms with Crippen LogP contribution in [0.3, 0.4) is 0 Å². The number of carbonyl (C=O) groups excluding carboxylic acids is 3. The highest BCUT2D eigenvalue weighted by Gasteiger charge is 2.20. The van der Waals surface area contributed by atoms with Crippen LogP contribution >= 0.6 is 0 Å². The summed E-state index contributed by atoms with van der Waals surface area (Å²) in [6.45, 7) is 3.61. The van der Waals surface area contributed by atoms with E-state index in [9.17, 15) is 14.4 Å². The summed E-state index contributed by atoms with van der Waals surface area (Å²) in [4.78, 5) is 33.9. The topological polar surface area (TPSA) is 96.9 Å². The fourth-order valence-corrected chi connectivity index (χ4v) is 1.60. The SMILES string of the molecule is CCC(CC)NC(=O)COC(=O)C1=NNC(=O)CC1. The second-order valence-corrected chi connectivity index (χ2v) is 4.25. The number of rotatable bonds is 6. The number of hydrogen-bond acceptors (Lipinski definition) is 5. The lowest BCUT2D eigenvalue weighted by atomic mass is 10.2. The molecule has 2 N–H and O–H groups in total. The third kappa shape index (κ3) is 5.07. The minimum atomic E-state index is -0.667. The number of hydrazone groups is 1. The van der Waals surface area contributed by atoms with Gasteiger partial charge in [-0.3, -0.25) is 9.59 Å². The molecule has 0 atom stereocenters. The molecule has 19 heavy (non-hydrogen) atoms. The van der Waals surface area contributed by atoms with Gasteiger partial charge in [-0.2, -0.15) is 5.10 Å². The Morgan fingerprint density at radius 3 is 2.58 bits per heavy atom. The van der Waals surface area contributed by atoms with Gasteiger partial charge in [0.25, 0.3) is 5.91 Å². The van der Waals surface area contributed by atoms with Crippen molar-refractivity contribution in [3.63, 3.8) is 0 Å².